The Hall–Kier alpha value is -1.61. The molecule has 1 aliphatic heterocycles. The second-order valence-corrected chi connectivity index (χ2v) is 5.38. The van der Waals surface area contributed by atoms with Crippen molar-refractivity contribution in [1.82, 2.24) is 14.9 Å². The maximum atomic E-state index is 4.51. The fourth-order valence-electron chi connectivity index (χ4n) is 2.92. The van der Waals surface area contributed by atoms with Crippen LogP contribution in [0, 0.1) is 6.92 Å². The van der Waals surface area contributed by atoms with E-state index in [1.165, 1.54) is 24.9 Å². The summed E-state index contributed by atoms with van der Waals surface area (Å²) in [5.41, 5.74) is 2.58. The van der Waals surface area contributed by atoms with Crippen molar-refractivity contribution in [3.05, 3.63) is 53.6 Å². The number of imidazole rings is 1. The van der Waals surface area contributed by atoms with Crippen molar-refractivity contribution in [3.63, 3.8) is 0 Å². The first-order valence-electron chi connectivity index (χ1n) is 7.12. The molecule has 1 fully saturated rings. The number of benzene rings is 1. The number of nitrogens with one attached hydrogen (secondary N) is 1. The predicted molar refractivity (Wildman–Crippen MR) is 77.0 cm³/mol. The number of hydrogen-bond donors (Lipinski definition) is 1. The molecule has 1 aliphatic rings. The molecule has 1 aromatic heterocycles. The summed E-state index contributed by atoms with van der Waals surface area (Å²) in [5.74, 6) is 1.14. The summed E-state index contributed by atoms with van der Waals surface area (Å²) >= 11 is 0. The minimum absolute atomic E-state index is 0.484. The highest BCUT2D eigenvalue weighted by Gasteiger charge is 2.27. The molecule has 19 heavy (non-hydrogen) atoms. The third kappa shape index (κ3) is 2.87. The van der Waals surface area contributed by atoms with Gasteiger partial charge in [0.2, 0.25) is 0 Å². The van der Waals surface area contributed by atoms with E-state index in [0.29, 0.717) is 6.04 Å². The highest BCUT2D eigenvalue weighted by molar-refractivity contribution is 5.15. The molecule has 1 N–H and O–H groups in total. The van der Waals surface area contributed by atoms with Gasteiger partial charge in [0.05, 0.1) is 6.04 Å². The zero-order chi connectivity index (χ0) is 13.1. The van der Waals surface area contributed by atoms with Crippen molar-refractivity contribution in [1.29, 1.82) is 0 Å². The predicted octanol–water partition coefficient (Wildman–Crippen LogP) is 3.10. The Morgan fingerprint density at radius 2 is 2.16 bits per heavy atom. The number of rotatable bonds is 4. The van der Waals surface area contributed by atoms with Crippen molar-refractivity contribution >= 4 is 0 Å². The molecule has 1 aromatic carbocycles. The molecule has 2 aromatic rings. The lowest BCUT2D eigenvalue weighted by molar-refractivity contribution is 0.252. The van der Waals surface area contributed by atoms with Gasteiger partial charge in [0, 0.05) is 18.4 Å². The fraction of sp³-hybridized carbons (Fsp3) is 0.438. The van der Waals surface area contributed by atoms with E-state index >= 15 is 0 Å². The quantitative estimate of drug-likeness (QED) is 0.910. The van der Waals surface area contributed by atoms with Crippen molar-refractivity contribution in [2.45, 2.75) is 32.2 Å². The monoisotopic (exact) mass is 255 g/mol. The number of H-pyrrole nitrogens is 1. The Morgan fingerprint density at radius 3 is 2.89 bits per heavy atom. The molecule has 1 saturated heterocycles. The van der Waals surface area contributed by atoms with Gasteiger partial charge >= 0.3 is 0 Å². The number of hydrogen-bond acceptors (Lipinski definition) is 2. The second-order valence-electron chi connectivity index (χ2n) is 5.38. The van der Waals surface area contributed by atoms with Gasteiger partial charge in [-0.3, -0.25) is 4.90 Å². The molecule has 0 unspecified atom stereocenters. The van der Waals surface area contributed by atoms with E-state index in [1.54, 1.807) is 0 Å². The van der Waals surface area contributed by atoms with E-state index in [-0.39, 0.29) is 0 Å². The Labute approximate surface area is 114 Å². The molecule has 0 bridgehead atoms. The average molecular weight is 255 g/mol. The van der Waals surface area contributed by atoms with Crippen LogP contribution < -0.4 is 0 Å². The first kappa shape index (κ1) is 12.4. The van der Waals surface area contributed by atoms with Crippen LogP contribution in [0.1, 0.15) is 36.0 Å². The fourth-order valence-corrected chi connectivity index (χ4v) is 2.92. The summed E-state index contributed by atoms with van der Waals surface area (Å²) in [6.45, 7) is 4.38. The summed E-state index contributed by atoms with van der Waals surface area (Å²) in [6.07, 6.45) is 5.56. The molecule has 0 spiro atoms. The molecule has 3 rings (SSSR count). The molecule has 100 valence electrons. The van der Waals surface area contributed by atoms with E-state index in [9.17, 15) is 0 Å². The zero-order valence-corrected chi connectivity index (χ0v) is 11.5. The Morgan fingerprint density at radius 1 is 1.32 bits per heavy atom. The van der Waals surface area contributed by atoms with Gasteiger partial charge in [-0.25, -0.2) is 4.98 Å². The van der Waals surface area contributed by atoms with Crippen molar-refractivity contribution in [2.75, 3.05) is 13.1 Å². The largest absolute Gasteiger partial charge is 0.345 e. The third-order valence-electron chi connectivity index (χ3n) is 3.93. The SMILES string of the molecule is Cc1cnc([C@H]2CCCN2CCc2ccccc2)[nH]1. The molecule has 3 heteroatoms. The number of likely N-dealkylation sites (tertiary alicyclic amines) is 1. The maximum absolute atomic E-state index is 4.51. The minimum atomic E-state index is 0.484. The molecule has 0 radical (unpaired) electrons. The van der Waals surface area contributed by atoms with Crippen molar-refractivity contribution in [3.8, 4) is 0 Å². The van der Waals surface area contributed by atoms with Gasteiger partial charge in [0.1, 0.15) is 5.82 Å². The second kappa shape index (κ2) is 5.57. The Balaban J connectivity index is 1.64. The van der Waals surface area contributed by atoms with E-state index in [1.807, 2.05) is 6.20 Å². The van der Waals surface area contributed by atoms with Crippen LogP contribution in [0.15, 0.2) is 36.5 Å². The third-order valence-corrected chi connectivity index (χ3v) is 3.93. The molecule has 0 amide bonds. The van der Waals surface area contributed by atoms with Gasteiger partial charge in [0.15, 0.2) is 0 Å². The van der Waals surface area contributed by atoms with Crippen LogP contribution in [-0.2, 0) is 6.42 Å². The summed E-state index contributed by atoms with van der Waals surface area (Å²) < 4.78 is 0. The van der Waals surface area contributed by atoms with Crippen LogP contribution in [0.5, 0.6) is 0 Å². The van der Waals surface area contributed by atoms with Gasteiger partial charge in [-0.05, 0) is 38.3 Å². The zero-order valence-electron chi connectivity index (χ0n) is 11.5. The van der Waals surface area contributed by atoms with Crippen LogP contribution >= 0.6 is 0 Å². The molecular formula is C16H21N3. The molecule has 0 aliphatic carbocycles. The van der Waals surface area contributed by atoms with Crippen LogP contribution in [0.3, 0.4) is 0 Å². The van der Waals surface area contributed by atoms with Gasteiger partial charge < -0.3 is 4.98 Å². The van der Waals surface area contributed by atoms with E-state index in [4.69, 9.17) is 0 Å². The summed E-state index contributed by atoms with van der Waals surface area (Å²) in [7, 11) is 0. The van der Waals surface area contributed by atoms with E-state index < -0.39 is 0 Å². The molecule has 3 nitrogen and oxygen atoms in total. The van der Waals surface area contributed by atoms with Crippen molar-refractivity contribution in [2.24, 2.45) is 0 Å². The van der Waals surface area contributed by atoms with Crippen LogP contribution in [-0.4, -0.2) is 28.0 Å². The molecular weight excluding hydrogens is 234 g/mol. The standard InChI is InChI=1S/C16H21N3/c1-13-12-17-16(18-13)15-8-5-10-19(15)11-9-14-6-3-2-4-7-14/h2-4,6-7,12,15H,5,8-11H2,1H3,(H,17,18)/t15-/m1/s1. The van der Waals surface area contributed by atoms with Crippen LogP contribution in [0.25, 0.3) is 0 Å². The summed E-state index contributed by atoms with van der Waals surface area (Å²) in [5, 5.41) is 0. The highest BCUT2D eigenvalue weighted by Crippen LogP contribution is 2.29. The highest BCUT2D eigenvalue weighted by atomic mass is 15.2. The number of aromatic nitrogens is 2. The minimum Gasteiger partial charge on any atom is -0.345 e. The smallest absolute Gasteiger partial charge is 0.123 e. The van der Waals surface area contributed by atoms with Crippen LogP contribution in [0.4, 0.5) is 0 Å². The van der Waals surface area contributed by atoms with Gasteiger partial charge in [0.25, 0.3) is 0 Å². The van der Waals surface area contributed by atoms with E-state index in [2.05, 4.69) is 52.1 Å². The number of nitrogens with zero attached hydrogens (tertiary/aromatic N) is 2. The van der Waals surface area contributed by atoms with E-state index in [0.717, 1.165) is 24.5 Å². The molecule has 2 heterocycles. The molecule has 0 saturated carbocycles. The lowest BCUT2D eigenvalue weighted by Gasteiger charge is -2.22. The average Bonchev–Trinajstić information content (AvgIpc) is 3.06. The van der Waals surface area contributed by atoms with Gasteiger partial charge in [-0.2, -0.15) is 0 Å². The Kier molecular flexibility index (Phi) is 3.65. The Bertz CT molecular complexity index is 518. The lowest BCUT2D eigenvalue weighted by Crippen LogP contribution is -2.26. The van der Waals surface area contributed by atoms with Gasteiger partial charge in [-0.1, -0.05) is 30.3 Å². The van der Waals surface area contributed by atoms with Crippen molar-refractivity contribution < 1.29 is 0 Å². The topological polar surface area (TPSA) is 31.9 Å². The first-order chi connectivity index (χ1) is 9.33. The molecule has 1 atom stereocenters. The number of aryl methyl sites for hydroxylation is 1. The number of aromatic amines is 1. The first-order valence-corrected chi connectivity index (χ1v) is 7.12. The maximum Gasteiger partial charge on any atom is 0.123 e. The summed E-state index contributed by atoms with van der Waals surface area (Å²) in [4.78, 5) is 10.5. The van der Waals surface area contributed by atoms with Crippen LogP contribution in [0.2, 0.25) is 0 Å². The normalized spacial score (nSPS) is 19.9. The lowest BCUT2D eigenvalue weighted by atomic mass is 10.1. The summed E-state index contributed by atoms with van der Waals surface area (Å²) in [6, 6.07) is 11.2. The van der Waals surface area contributed by atoms with Gasteiger partial charge in [-0.15, -0.1) is 0 Å².